The molecule has 1 N–H and O–H groups in total. The molecule has 2 unspecified atom stereocenters. The van der Waals surface area contributed by atoms with Crippen LogP contribution < -0.4 is 0 Å². The summed E-state index contributed by atoms with van der Waals surface area (Å²) in [4.78, 5) is 4.06. The van der Waals surface area contributed by atoms with E-state index in [1.54, 1.807) is 4.68 Å². The fourth-order valence-corrected chi connectivity index (χ4v) is 1.17. The van der Waals surface area contributed by atoms with Crippen LogP contribution in [0.3, 0.4) is 0 Å². The molecular formula is C9H17N3O. The Kier molecular flexibility index (Phi) is 3.42. The van der Waals surface area contributed by atoms with Crippen LogP contribution in [0.25, 0.3) is 0 Å². The molecule has 0 amide bonds. The van der Waals surface area contributed by atoms with Gasteiger partial charge in [0.25, 0.3) is 0 Å². The van der Waals surface area contributed by atoms with Crippen LogP contribution in [0.2, 0.25) is 0 Å². The Morgan fingerprint density at radius 1 is 1.62 bits per heavy atom. The van der Waals surface area contributed by atoms with E-state index in [0.29, 0.717) is 12.3 Å². The first-order chi connectivity index (χ1) is 6.15. The number of aliphatic hydroxyl groups excluding tert-OH is 1. The lowest BCUT2D eigenvalue weighted by molar-refractivity contribution is 0.112. The topological polar surface area (TPSA) is 50.9 Å². The van der Waals surface area contributed by atoms with E-state index in [2.05, 4.69) is 17.0 Å². The third-order valence-corrected chi connectivity index (χ3v) is 2.50. The van der Waals surface area contributed by atoms with Crippen molar-refractivity contribution in [2.24, 2.45) is 13.0 Å². The molecule has 0 aliphatic carbocycles. The standard InChI is InChI=1S/C9H17N3O/c1-4-7(2)8(13)5-9-10-6-11-12(9)3/h6-8,13H,4-5H2,1-3H3. The zero-order chi connectivity index (χ0) is 9.84. The van der Waals surface area contributed by atoms with Crippen molar-refractivity contribution in [2.45, 2.75) is 32.8 Å². The van der Waals surface area contributed by atoms with Crippen molar-refractivity contribution in [1.82, 2.24) is 14.8 Å². The third kappa shape index (κ3) is 2.52. The zero-order valence-electron chi connectivity index (χ0n) is 8.44. The SMILES string of the molecule is CCC(C)C(O)Cc1ncnn1C. The van der Waals surface area contributed by atoms with E-state index in [0.717, 1.165) is 12.2 Å². The predicted molar refractivity (Wildman–Crippen MR) is 50.2 cm³/mol. The lowest BCUT2D eigenvalue weighted by Crippen LogP contribution is -2.21. The Bertz CT molecular complexity index is 259. The van der Waals surface area contributed by atoms with Crippen molar-refractivity contribution >= 4 is 0 Å². The maximum absolute atomic E-state index is 9.73. The average molecular weight is 183 g/mol. The molecule has 0 aromatic carbocycles. The fourth-order valence-electron chi connectivity index (χ4n) is 1.17. The first-order valence-electron chi connectivity index (χ1n) is 4.66. The predicted octanol–water partition coefficient (Wildman–Crippen LogP) is 0.765. The van der Waals surface area contributed by atoms with Gasteiger partial charge in [0.2, 0.25) is 0 Å². The van der Waals surface area contributed by atoms with E-state index in [1.807, 2.05) is 14.0 Å². The van der Waals surface area contributed by atoms with Crippen molar-refractivity contribution in [3.05, 3.63) is 12.2 Å². The largest absolute Gasteiger partial charge is 0.392 e. The van der Waals surface area contributed by atoms with Gasteiger partial charge in [-0.05, 0) is 5.92 Å². The number of nitrogens with zero attached hydrogens (tertiary/aromatic N) is 3. The van der Waals surface area contributed by atoms with Gasteiger partial charge in [0, 0.05) is 13.5 Å². The number of aromatic nitrogens is 3. The highest BCUT2D eigenvalue weighted by molar-refractivity contribution is 4.87. The van der Waals surface area contributed by atoms with Gasteiger partial charge in [-0.1, -0.05) is 20.3 Å². The summed E-state index contributed by atoms with van der Waals surface area (Å²) in [5, 5.41) is 13.7. The molecule has 0 fully saturated rings. The van der Waals surface area contributed by atoms with Gasteiger partial charge in [-0.15, -0.1) is 0 Å². The second kappa shape index (κ2) is 4.37. The number of hydrogen-bond donors (Lipinski definition) is 1. The maximum atomic E-state index is 9.73. The summed E-state index contributed by atoms with van der Waals surface area (Å²) in [6, 6.07) is 0. The average Bonchev–Trinajstić information content (AvgIpc) is 2.50. The molecule has 1 heterocycles. The van der Waals surface area contributed by atoms with E-state index >= 15 is 0 Å². The van der Waals surface area contributed by atoms with E-state index in [4.69, 9.17) is 0 Å². The van der Waals surface area contributed by atoms with Crippen molar-refractivity contribution < 1.29 is 5.11 Å². The Hall–Kier alpha value is -0.900. The van der Waals surface area contributed by atoms with Gasteiger partial charge in [-0.25, -0.2) is 4.98 Å². The number of hydrogen-bond acceptors (Lipinski definition) is 3. The van der Waals surface area contributed by atoms with Gasteiger partial charge >= 0.3 is 0 Å². The molecule has 0 spiro atoms. The first-order valence-corrected chi connectivity index (χ1v) is 4.66. The lowest BCUT2D eigenvalue weighted by Gasteiger charge is -2.15. The minimum absolute atomic E-state index is 0.312. The quantitative estimate of drug-likeness (QED) is 0.750. The summed E-state index contributed by atoms with van der Waals surface area (Å²) < 4.78 is 1.70. The summed E-state index contributed by atoms with van der Waals surface area (Å²) >= 11 is 0. The van der Waals surface area contributed by atoms with E-state index in [1.165, 1.54) is 6.33 Å². The molecule has 1 aromatic rings. The van der Waals surface area contributed by atoms with Crippen LogP contribution in [-0.2, 0) is 13.5 Å². The number of aryl methyl sites for hydroxylation is 1. The Morgan fingerprint density at radius 3 is 2.77 bits per heavy atom. The fraction of sp³-hybridized carbons (Fsp3) is 0.778. The van der Waals surface area contributed by atoms with Gasteiger partial charge in [-0.2, -0.15) is 5.10 Å². The molecular weight excluding hydrogens is 166 g/mol. The molecule has 13 heavy (non-hydrogen) atoms. The van der Waals surface area contributed by atoms with Crippen LogP contribution in [0.1, 0.15) is 26.1 Å². The smallest absolute Gasteiger partial charge is 0.138 e. The Morgan fingerprint density at radius 2 is 2.31 bits per heavy atom. The lowest BCUT2D eigenvalue weighted by atomic mass is 9.99. The van der Waals surface area contributed by atoms with Gasteiger partial charge < -0.3 is 5.11 Å². The number of aliphatic hydroxyl groups is 1. The van der Waals surface area contributed by atoms with Crippen molar-refractivity contribution in [2.75, 3.05) is 0 Å². The van der Waals surface area contributed by atoms with Gasteiger partial charge in [0.15, 0.2) is 0 Å². The van der Waals surface area contributed by atoms with Crippen LogP contribution in [0.15, 0.2) is 6.33 Å². The Labute approximate surface area is 78.6 Å². The van der Waals surface area contributed by atoms with Crippen molar-refractivity contribution in [1.29, 1.82) is 0 Å². The van der Waals surface area contributed by atoms with Crippen molar-refractivity contribution in [3.8, 4) is 0 Å². The molecule has 1 rings (SSSR count). The molecule has 1 aromatic heterocycles. The second-order valence-corrected chi connectivity index (χ2v) is 3.46. The molecule has 4 heteroatoms. The molecule has 0 radical (unpaired) electrons. The zero-order valence-corrected chi connectivity index (χ0v) is 8.44. The Balaban J connectivity index is 2.54. The van der Waals surface area contributed by atoms with E-state index < -0.39 is 0 Å². The van der Waals surface area contributed by atoms with Gasteiger partial charge in [0.05, 0.1) is 6.10 Å². The highest BCUT2D eigenvalue weighted by Crippen LogP contribution is 2.11. The van der Waals surface area contributed by atoms with Gasteiger partial charge in [-0.3, -0.25) is 4.68 Å². The molecule has 2 atom stereocenters. The summed E-state index contributed by atoms with van der Waals surface area (Å²) in [6.07, 6.45) is 2.77. The highest BCUT2D eigenvalue weighted by atomic mass is 16.3. The summed E-state index contributed by atoms with van der Waals surface area (Å²) in [7, 11) is 1.84. The van der Waals surface area contributed by atoms with E-state index in [-0.39, 0.29) is 6.10 Å². The number of rotatable bonds is 4. The van der Waals surface area contributed by atoms with Crippen molar-refractivity contribution in [3.63, 3.8) is 0 Å². The minimum Gasteiger partial charge on any atom is -0.392 e. The third-order valence-electron chi connectivity index (χ3n) is 2.50. The van der Waals surface area contributed by atoms with Crippen LogP contribution >= 0.6 is 0 Å². The maximum Gasteiger partial charge on any atom is 0.138 e. The summed E-state index contributed by atoms with van der Waals surface area (Å²) in [6.45, 7) is 4.12. The van der Waals surface area contributed by atoms with Crippen LogP contribution in [0.5, 0.6) is 0 Å². The van der Waals surface area contributed by atoms with E-state index in [9.17, 15) is 5.11 Å². The van der Waals surface area contributed by atoms with Crippen LogP contribution in [-0.4, -0.2) is 26.0 Å². The molecule has 0 aliphatic rings. The summed E-state index contributed by atoms with van der Waals surface area (Å²) in [5.41, 5.74) is 0. The van der Waals surface area contributed by atoms with Crippen LogP contribution in [0.4, 0.5) is 0 Å². The molecule has 0 aliphatic heterocycles. The second-order valence-electron chi connectivity index (χ2n) is 3.46. The van der Waals surface area contributed by atoms with Crippen LogP contribution in [0, 0.1) is 5.92 Å². The molecule has 4 nitrogen and oxygen atoms in total. The van der Waals surface area contributed by atoms with Gasteiger partial charge in [0.1, 0.15) is 12.2 Å². The highest BCUT2D eigenvalue weighted by Gasteiger charge is 2.15. The molecule has 0 bridgehead atoms. The molecule has 0 saturated carbocycles. The normalized spacial score (nSPS) is 15.7. The molecule has 0 saturated heterocycles. The molecule has 74 valence electrons. The monoisotopic (exact) mass is 183 g/mol. The summed E-state index contributed by atoms with van der Waals surface area (Å²) in [5.74, 6) is 1.16. The first kappa shape index (κ1) is 10.2. The minimum atomic E-state index is -0.312.